The fourth-order valence-corrected chi connectivity index (χ4v) is 4.99. The van der Waals surface area contributed by atoms with Gasteiger partial charge in [0.1, 0.15) is 17.7 Å². The lowest BCUT2D eigenvalue weighted by molar-refractivity contribution is -0.144. The maximum absolute atomic E-state index is 14.4. The summed E-state index contributed by atoms with van der Waals surface area (Å²) < 4.78 is 5.47. The van der Waals surface area contributed by atoms with Crippen LogP contribution in [0.4, 0.5) is 10.5 Å². The van der Waals surface area contributed by atoms with Gasteiger partial charge >= 0.3 is 6.09 Å². The number of alkyl carbamates (subject to hydrolysis) is 1. The van der Waals surface area contributed by atoms with Gasteiger partial charge in [-0.2, -0.15) is 0 Å². The molecular weight excluding hydrogens is 514 g/mol. The summed E-state index contributed by atoms with van der Waals surface area (Å²) in [6.07, 6.45) is -0.0506. The maximum atomic E-state index is 14.4. The average Bonchev–Trinajstić information content (AvgIpc) is 2.87. The standard InChI is InChI=1S/C34H45N3O4/c1-10-24(6)37(32(39)29(21(2)3)36-33(40)41-34(7,8)9)30(27-18-22(4)17-23(5)19-27)31(38)35-28-16-15-25-13-11-12-14-26(25)20-28/h11-21,24,29-30H,10H2,1-9H3,(H,35,38)(H,36,40). The highest BCUT2D eigenvalue weighted by molar-refractivity contribution is 6.00. The molecule has 220 valence electrons. The van der Waals surface area contributed by atoms with Crippen molar-refractivity contribution in [2.24, 2.45) is 5.92 Å². The van der Waals surface area contributed by atoms with Crippen LogP contribution in [-0.4, -0.2) is 40.5 Å². The van der Waals surface area contributed by atoms with Crippen LogP contribution in [0.3, 0.4) is 0 Å². The highest BCUT2D eigenvalue weighted by Crippen LogP contribution is 2.30. The van der Waals surface area contributed by atoms with Gasteiger partial charge in [-0.1, -0.05) is 80.4 Å². The molecule has 3 atom stereocenters. The molecule has 3 aromatic carbocycles. The van der Waals surface area contributed by atoms with E-state index < -0.39 is 23.8 Å². The molecule has 3 aromatic rings. The maximum Gasteiger partial charge on any atom is 0.408 e. The third-order valence-corrected chi connectivity index (χ3v) is 7.03. The number of aryl methyl sites for hydroxylation is 2. The number of anilines is 1. The van der Waals surface area contributed by atoms with E-state index in [0.29, 0.717) is 17.7 Å². The molecule has 3 rings (SSSR count). The summed E-state index contributed by atoms with van der Waals surface area (Å²) in [7, 11) is 0. The van der Waals surface area contributed by atoms with Gasteiger partial charge in [0.15, 0.2) is 0 Å². The van der Waals surface area contributed by atoms with Gasteiger partial charge in [-0.15, -0.1) is 0 Å². The molecule has 0 saturated carbocycles. The molecule has 0 fully saturated rings. The van der Waals surface area contributed by atoms with E-state index in [0.717, 1.165) is 21.9 Å². The Hall–Kier alpha value is -3.87. The third-order valence-electron chi connectivity index (χ3n) is 7.03. The monoisotopic (exact) mass is 559 g/mol. The van der Waals surface area contributed by atoms with Crippen molar-refractivity contribution in [3.63, 3.8) is 0 Å². The topological polar surface area (TPSA) is 87.7 Å². The molecule has 41 heavy (non-hydrogen) atoms. The van der Waals surface area contributed by atoms with E-state index in [4.69, 9.17) is 4.74 Å². The molecule has 7 nitrogen and oxygen atoms in total. The molecule has 3 amide bonds. The number of amides is 3. The molecule has 2 N–H and O–H groups in total. The second kappa shape index (κ2) is 13.2. The summed E-state index contributed by atoms with van der Waals surface area (Å²) in [6, 6.07) is 17.6. The molecular formula is C34H45N3O4. The summed E-state index contributed by atoms with van der Waals surface area (Å²) in [5, 5.41) is 7.94. The molecule has 0 heterocycles. The molecule has 0 aliphatic heterocycles. The first kappa shape index (κ1) is 31.7. The van der Waals surface area contributed by atoms with Crippen LogP contribution in [0.5, 0.6) is 0 Å². The Bertz CT molecular complexity index is 1370. The summed E-state index contributed by atoms with van der Waals surface area (Å²) in [6.45, 7) is 16.9. The largest absolute Gasteiger partial charge is 0.444 e. The van der Waals surface area contributed by atoms with Gasteiger partial charge < -0.3 is 20.3 Å². The van der Waals surface area contributed by atoms with Crippen LogP contribution in [0, 0.1) is 19.8 Å². The number of ether oxygens (including phenoxy) is 1. The van der Waals surface area contributed by atoms with Crippen LogP contribution in [0.25, 0.3) is 10.8 Å². The molecule has 0 aliphatic carbocycles. The minimum absolute atomic E-state index is 0.245. The van der Waals surface area contributed by atoms with Crippen molar-refractivity contribution in [2.45, 2.75) is 92.5 Å². The molecule has 3 unspecified atom stereocenters. The van der Waals surface area contributed by atoms with Gasteiger partial charge in [0.05, 0.1) is 0 Å². The SMILES string of the molecule is CCC(C)N(C(=O)C(NC(=O)OC(C)(C)C)C(C)C)C(C(=O)Nc1ccc2ccccc2c1)c1cc(C)cc(C)c1. The molecule has 0 spiro atoms. The Labute approximate surface area is 244 Å². The van der Waals surface area contributed by atoms with Gasteiger partial charge in [-0.05, 0) is 82.3 Å². The number of carbonyl (C=O) groups excluding carboxylic acids is 3. The van der Waals surface area contributed by atoms with Gasteiger partial charge in [0.2, 0.25) is 5.91 Å². The smallest absolute Gasteiger partial charge is 0.408 e. The molecule has 0 aromatic heterocycles. The second-order valence-corrected chi connectivity index (χ2v) is 12.2. The highest BCUT2D eigenvalue weighted by Gasteiger charge is 2.39. The lowest BCUT2D eigenvalue weighted by atomic mass is 9.94. The Morgan fingerprint density at radius 1 is 0.878 bits per heavy atom. The molecule has 7 heteroatoms. The number of carbonyl (C=O) groups is 3. The summed E-state index contributed by atoms with van der Waals surface area (Å²) in [5.74, 6) is -0.901. The predicted molar refractivity (Wildman–Crippen MR) is 166 cm³/mol. The minimum atomic E-state index is -0.927. The lowest BCUT2D eigenvalue weighted by Crippen LogP contribution is -2.56. The third kappa shape index (κ3) is 8.32. The van der Waals surface area contributed by atoms with Crippen LogP contribution in [0.1, 0.15) is 77.6 Å². The van der Waals surface area contributed by atoms with E-state index in [-0.39, 0.29) is 23.8 Å². The van der Waals surface area contributed by atoms with Crippen molar-refractivity contribution in [1.82, 2.24) is 10.2 Å². The number of fused-ring (bicyclic) bond motifs is 1. The lowest BCUT2D eigenvalue weighted by Gasteiger charge is -2.39. The number of nitrogens with zero attached hydrogens (tertiary/aromatic N) is 1. The number of hydrogen-bond acceptors (Lipinski definition) is 4. The fourth-order valence-electron chi connectivity index (χ4n) is 4.99. The number of rotatable bonds is 9. The van der Waals surface area contributed by atoms with Crippen molar-refractivity contribution in [2.75, 3.05) is 5.32 Å². The number of nitrogens with one attached hydrogen (secondary N) is 2. The van der Waals surface area contributed by atoms with Crippen molar-refractivity contribution in [3.8, 4) is 0 Å². The Balaban J connectivity index is 2.08. The predicted octanol–water partition coefficient (Wildman–Crippen LogP) is 7.31. The summed E-state index contributed by atoms with van der Waals surface area (Å²) in [5.41, 5.74) is 2.63. The molecule has 0 aliphatic rings. The Morgan fingerprint density at radius 3 is 2.05 bits per heavy atom. The van der Waals surface area contributed by atoms with Crippen LogP contribution in [0.2, 0.25) is 0 Å². The minimum Gasteiger partial charge on any atom is -0.444 e. The summed E-state index contributed by atoms with van der Waals surface area (Å²) in [4.78, 5) is 43.0. The van der Waals surface area contributed by atoms with E-state index >= 15 is 0 Å². The normalized spacial score (nSPS) is 13.8. The number of hydrogen-bond donors (Lipinski definition) is 2. The first-order valence-corrected chi connectivity index (χ1v) is 14.4. The van der Waals surface area contributed by atoms with Crippen LogP contribution >= 0.6 is 0 Å². The fraction of sp³-hybridized carbons (Fsp3) is 0.441. The average molecular weight is 560 g/mol. The van der Waals surface area contributed by atoms with E-state index in [1.807, 2.05) is 102 Å². The first-order valence-electron chi connectivity index (χ1n) is 14.4. The van der Waals surface area contributed by atoms with E-state index in [2.05, 4.69) is 10.6 Å². The van der Waals surface area contributed by atoms with Crippen LogP contribution in [-0.2, 0) is 14.3 Å². The van der Waals surface area contributed by atoms with Crippen molar-refractivity contribution in [3.05, 3.63) is 77.4 Å². The van der Waals surface area contributed by atoms with E-state index in [9.17, 15) is 14.4 Å². The van der Waals surface area contributed by atoms with Crippen molar-refractivity contribution in [1.29, 1.82) is 0 Å². The highest BCUT2D eigenvalue weighted by atomic mass is 16.6. The quantitative estimate of drug-likeness (QED) is 0.288. The van der Waals surface area contributed by atoms with Crippen LogP contribution in [0.15, 0.2) is 60.7 Å². The molecule has 0 bridgehead atoms. The van der Waals surface area contributed by atoms with Gasteiger partial charge in [-0.25, -0.2) is 4.79 Å². The second-order valence-electron chi connectivity index (χ2n) is 12.2. The van der Waals surface area contributed by atoms with Crippen LogP contribution < -0.4 is 10.6 Å². The number of benzene rings is 3. The van der Waals surface area contributed by atoms with E-state index in [1.165, 1.54) is 0 Å². The van der Waals surface area contributed by atoms with Crippen molar-refractivity contribution >= 4 is 34.4 Å². The zero-order valence-corrected chi connectivity index (χ0v) is 25.9. The van der Waals surface area contributed by atoms with Gasteiger partial charge in [0.25, 0.3) is 5.91 Å². The Kier molecular flexibility index (Phi) is 10.2. The summed E-state index contributed by atoms with van der Waals surface area (Å²) >= 11 is 0. The Morgan fingerprint density at radius 2 is 1.49 bits per heavy atom. The van der Waals surface area contributed by atoms with Gasteiger partial charge in [0, 0.05) is 11.7 Å². The molecule has 0 radical (unpaired) electrons. The first-order chi connectivity index (χ1) is 19.2. The zero-order chi connectivity index (χ0) is 30.5. The van der Waals surface area contributed by atoms with E-state index in [1.54, 1.807) is 25.7 Å². The van der Waals surface area contributed by atoms with Crippen molar-refractivity contribution < 1.29 is 19.1 Å². The molecule has 0 saturated heterocycles. The van der Waals surface area contributed by atoms with Gasteiger partial charge in [-0.3, -0.25) is 9.59 Å². The zero-order valence-electron chi connectivity index (χ0n) is 25.9.